The molecule has 2 aliphatic rings. The summed E-state index contributed by atoms with van der Waals surface area (Å²) in [5.74, 6) is -0.238. The first-order chi connectivity index (χ1) is 17.5. The first-order valence-electron chi connectivity index (χ1n) is 13.1. The number of aryl methyl sites for hydroxylation is 1. The quantitative estimate of drug-likeness (QED) is 0.609. The number of benzene rings is 2. The van der Waals surface area contributed by atoms with Crippen LogP contribution in [0.3, 0.4) is 0 Å². The Morgan fingerprint density at radius 1 is 1.00 bits per heavy atom. The van der Waals surface area contributed by atoms with Crippen LogP contribution < -0.4 is 0 Å². The predicted molar refractivity (Wildman–Crippen MR) is 143 cm³/mol. The topological polar surface area (TPSA) is 70.2 Å². The number of nitrogens with zero attached hydrogens (tertiary/aromatic N) is 3. The van der Waals surface area contributed by atoms with Crippen LogP contribution >= 0.6 is 0 Å². The summed E-state index contributed by atoms with van der Waals surface area (Å²) in [6.45, 7) is 9.72. The minimum Gasteiger partial charge on any atom is -0.353 e. The van der Waals surface area contributed by atoms with Crippen molar-refractivity contribution in [3.63, 3.8) is 0 Å². The molecular formula is C30H39N3O4. The number of likely N-dealkylation sites (tertiary alicyclic amines) is 1. The summed E-state index contributed by atoms with van der Waals surface area (Å²) in [7, 11) is 1.77. The lowest BCUT2D eigenvalue weighted by atomic mass is 9.90. The van der Waals surface area contributed by atoms with Crippen LogP contribution in [0.25, 0.3) is 0 Å². The average molecular weight is 506 g/mol. The molecule has 0 saturated carbocycles. The molecule has 7 nitrogen and oxygen atoms in total. The summed E-state index contributed by atoms with van der Waals surface area (Å²) in [6.07, 6.45) is 1.43. The molecule has 0 aliphatic carbocycles. The van der Waals surface area contributed by atoms with Gasteiger partial charge in [0.25, 0.3) is 5.91 Å². The average Bonchev–Trinajstić information content (AvgIpc) is 3.21. The number of hydrogen-bond acceptors (Lipinski definition) is 4. The Labute approximate surface area is 220 Å². The fourth-order valence-electron chi connectivity index (χ4n) is 5.25. The number of ether oxygens (including phenoxy) is 1. The highest BCUT2D eigenvalue weighted by Crippen LogP contribution is 2.39. The van der Waals surface area contributed by atoms with E-state index < -0.39 is 11.8 Å². The first kappa shape index (κ1) is 26.9. The molecule has 2 aromatic carbocycles. The fourth-order valence-corrected chi connectivity index (χ4v) is 5.25. The molecule has 2 aromatic rings. The fraction of sp³-hybridized carbons (Fsp3) is 0.500. The molecule has 37 heavy (non-hydrogen) atoms. The zero-order valence-electron chi connectivity index (χ0n) is 22.7. The first-order valence-corrected chi connectivity index (χ1v) is 13.1. The SMILES string of the molecule is Cc1ccc(C(=O)N2[C@H](C(=O)N(C)Cc3ccccc3)COC23CCN(C(=O)CC(C)(C)C)CC3)cc1. The third kappa shape index (κ3) is 6.04. The van der Waals surface area contributed by atoms with Gasteiger partial charge in [-0.3, -0.25) is 19.3 Å². The van der Waals surface area contributed by atoms with Gasteiger partial charge in [-0.15, -0.1) is 0 Å². The highest BCUT2D eigenvalue weighted by atomic mass is 16.5. The van der Waals surface area contributed by atoms with E-state index in [9.17, 15) is 14.4 Å². The maximum Gasteiger partial charge on any atom is 0.256 e. The third-order valence-corrected chi connectivity index (χ3v) is 7.28. The van der Waals surface area contributed by atoms with Crippen LogP contribution in [0.15, 0.2) is 54.6 Å². The van der Waals surface area contributed by atoms with Crippen molar-refractivity contribution in [2.75, 3.05) is 26.7 Å². The molecule has 2 saturated heterocycles. The van der Waals surface area contributed by atoms with E-state index in [-0.39, 0.29) is 29.7 Å². The molecule has 0 bridgehead atoms. The number of carbonyl (C=O) groups is 3. The molecule has 2 fully saturated rings. The van der Waals surface area contributed by atoms with Crippen molar-refractivity contribution < 1.29 is 19.1 Å². The highest BCUT2D eigenvalue weighted by molar-refractivity contribution is 5.98. The van der Waals surface area contributed by atoms with Crippen molar-refractivity contribution in [3.05, 3.63) is 71.3 Å². The van der Waals surface area contributed by atoms with Gasteiger partial charge in [0.1, 0.15) is 11.8 Å². The van der Waals surface area contributed by atoms with Crippen LogP contribution in [0, 0.1) is 12.3 Å². The van der Waals surface area contributed by atoms with Crippen LogP contribution in [0.5, 0.6) is 0 Å². The van der Waals surface area contributed by atoms with Gasteiger partial charge >= 0.3 is 0 Å². The number of amides is 3. The Hall–Kier alpha value is -3.19. The van der Waals surface area contributed by atoms with Gasteiger partial charge in [0.2, 0.25) is 11.8 Å². The van der Waals surface area contributed by atoms with Gasteiger partial charge < -0.3 is 14.5 Å². The maximum absolute atomic E-state index is 13.9. The van der Waals surface area contributed by atoms with Gasteiger partial charge in [-0.05, 0) is 30.0 Å². The van der Waals surface area contributed by atoms with Gasteiger partial charge in [0.15, 0.2) is 0 Å². The molecule has 3 amide bonds. The van der Waals surface area contributed by atoms with Gasteiger partial charge in [-0.2, -0.15) is 0 Å². The Morgan fingerprint density at radius 3 is 2.22 bits per heavy atom. The van der Waals surface area contributed by atoms with Crippen LogP contribution in [-0.2, 0) is 20.9 Å². The largest absolute Gasteiger partial charge is 0.353 e. The van der Waals surface area contributed by atoms with E-state index in [4.69, 9.17) is 4.74 Å². The number of rotatable bonds is 5. The van der Waals surface area contributed by atoms with E-state index in [1.807, 2.05) is 54.3 Å². The summed E-state index contributed by atoms with van der Waals surface area (Å²) >= 11 is 0. The van der Waals surface area contributed by atoms with Crippen molar-refractivity contribution in [1.29, 1.82) is 0 Å². The molecule has 0 aromatic heterocycles. The van der Waals surface area contributed by atoms with E-state index in [1.54, 1.807) is 29.0 Å². The number of likely N-dealkylation sites (N-methyl/N-ethyl adjacent to an activating group) is 1. The summed E-state index contributed by atoms with van der Waals surface area (Å²) < 4.78 is 6.34. The molecule has 7 heteroatoms. The van der Waals surface area contributed by atoms with Crippen LogP contribution in [0.4, 0.5) is 0 Å². The second kappa shape index (κ2) is 10.7. The minimum absolute atomic E-state index is 0.0929. The van der Waals surface area contributed by atoms with E-state index in [0.29, 0.717) is 44.5 Å². The molecule has 0 unspecified atom stereocenters. The molecular weight excluding hydrogens is 466 g/mol. The highest BCUT2D eigenvalue weighted by Gasteiger charge is 2.54. The summed E-state index contributed by atoms with van der Waals surface area (Å²) in [5, 5.41) is 0. The lowest BCUT2D eigenvalue weighted by molar-refractivity contribution is -0.146. The second-order valence-corrected chi connectivity index (χ2v) is 11.6. The van der Waals surface area contributed by atoms with Gasteiger partial charge in [0, 0.05) is 51.5 Å². The third-order valence-electron chi connectivity index (χ3n) is 7.28. The van der Waals surface area contributed by atoms with Gasteiger partial charge in [-0.25, -0.2) is 0 Å². The summed E-state index contributed by atoms with van der Waals surface area (Å²) in [4.78, 5) is 45.7. The summed E-state index contributed by atoms with van der Waals surface area (Å²) in [6, 6.07) is 16.5. The number of piperidine rings is 1. The van der Waals surface area contributed by atoms with Crippen molar-refractivity contribution in [2.45, 2.75) is 65.3 Å². The lowest BCUT2D eigenvalue weighted by Crippen LogP contribution is -2.60. The van der Waals surface area contributed by atoms with E-state index in [0.717, 1.165) is 11.1 Å². The monoisotopic (exact) mass is 505 g/mol. The van der Waals surface area contributed by atoms with Crippen molar-refractivity contribution in [2.24, 2.45) is 5.41 Å². The Morgan fingerprint density at radius 2 is 1.62 bits per heavy atom. The lowest BCUT2D eigenvalue weighted by Gasteiger charge is -2.45. The normalized spacial score (nSPS) is 19.2. The Balaban J connectivity index is 1.57. The van der Waals surface area contributed by atoms with Crippen LogP contribution in [-0.4, -0.2) is 70.9 Å². The smallest absolute Gasteiger partial charge is 0.256 e. The molecule has 1 atom stereocenters. The standard InChI is InChI=1S/C30H39N3O4/c1-22-11-13-24(14-12-22)27(35)33-25(28(36)31(5)20-23-9-7-6-8-10-23)21-37-30(33)15-17-32(18-16-30)26(34)19-29(2,3)4/h6-14,25H,15-21H2,1-5H3/t25-/m0/s1. The molecule has 2 aliphatic heterocycles. The van der Waals surface area contributed by atoms with E-state index >= 15 is 0 Å². The second-order valence-electron chi connectivity index (χ2n) is 11.6. The van der Waals surface area contributed by atoms with Gasteiger partial charge in [0.05, 0.1) is 6.61 Å². The van der Waals surface area contributed by atoms with Crippen molar-refractivity contribution in [1.82, 2.24) is 14.7 Å². The molecule has 198 valence electrons. The molecule has 4 rings (SSSR count). The molecule has 0 radical (unpaired) electrons. The van der Waals surface area contributed by atoms with E-state index in [1.165, 1.54) is 0 Å². The molecule has 1 spiro atoms. The van der Waals surface area contributed by atoms with E-state index in [2.05, 4.69) is 20.8 Å². The maximum atomic E-state index is 13.9. The predicted octanol–water partition coefficient (Wildman–Crippen LogP) is 4.25. The van der Waals surface area contributed by atoms with Crippen molar-refractivity contribution >= 4 is 17.7 Å². The van der Waals surface area contributed by atoms with Crippen molar-refractivity contribution in [3.8, 4) is 0 Å². The Bertz CT molecular complexity index is 1120. The Kier molecular flexibility index (Phi) is 7.74. The molecule has 0 N–H and O–H groups in total. The van der Waals surface area contributed by atoms with Gasteiger partial charge in [-0.1, -0.05) is 68.8 Å². The minimum atomic E-state index is -0.908. The van der Waals surface area contributed by atoms with Crippen LogP contribution in [0.2, 0.25) is 0 Å². The summed E-state index contributed by atoms with van der Waals surface area (Å²) in [5.41, 5.74) is 1.61. The zero-order valence-corrected chi connectivity index (χ0v) is 22.7. The zero-order chi connectivity index (χ0) is 26.8. The molecule has 2 heterocycles. The van der Waals surface area contributed by atoms with Crippen LogP contribution in [0.1, 0.15) is 61.5 Å². The number of hydrogen-bond donors (Lipinski definition) is 0. The number of carbonyl (C=O) groups excluding carboxylic acids is 3.